The van der Waals surface area contributed by atoms with Crippen molar-refractivity contribution < 1.29 is 8.78 Å². The molecule has 0 aliphatic heterocycles. The zero-order chi connectivity index (χ0) is 12.4. The second-order valence-electron chi connectivity index (χ2n) is 3.54. The molecule has 0 radical (unpaired) electrons. The summed E-state index contributed by atoms with van der Waals surface area (Å²) >= 11 is 10.5. The third-order valence-corrected chi connectivity index (χ3v) is 4.34. The van der Waals surface area contributed by atoms with Crippen molar-refractivity contribution in [2.45, 2.75) is 11.2 Å². The fourth-order valence-electron chi connectivity index (χ4n) is 1.49. The van der Waals surface area contributed by atoms with E-state index in [1.165, 1.54) is 0 Å². The third kappa shape index (κ3) is 3.06. The second-order valence-corrected chi connectivity index (χ2v) is 6.08. The molecule has 0 saturated carbocycles. The number of halogens is 4. The Morgan fingerprint density at radius 2 is 2.06 bits per heavy atom. The number of hydrogen-bond acceptors (Lipinski definition) is 1. The molecule has 17 heavy (non-hydrogen) atoms. The summed E-state index contributed by atoms with van der Waals surface area (Å²) in [6.45, 7) is 0. The lowest BCUT2D eigenvalue weighted by Gasteiger charge is -2.11. The van der Waals surface area contributed by atoms with Gasteiger partial charge in [0.15, 0.2) is 0 Å². The van der Waals surface area contributed by atoms with Crippen LogP contribution in [0.3, 0.4) is 0 Å². The summed E-state index contributed by atoms with van der Waals surface area (Å²) < 4.78 is 26.9. The van der Waals surface area contributed by atoms with Crippen LogP contribution in [0.1, 0.15) is 15.3 Å². The van der Waals surface area contributed by atoms with Crippen molar-refractivity contribution in [1.82, 2.24) is 0 Å². The average Bonchev–Trinajstić information content (AvgIpc) is 2.76. The molecule has 1 aromatic carbocycles. The van der Waals surface area contributed by atoms with E-state index in [9.17, 15) is 8.78 Å². The number of benzene rings is 1. The second kappa shape index (κ2) is 5.46. The molecule has 0 saturated heterocycles. The summed E-state index contributed by atoms with van der Waals surface area (Å²) in [4.78, 5) is 0.856. The van der Waals surface area contributed by atoms with Gasteiger partial charge < -0.3 is 0 Å². The first-order valence-electron chi connectivity index (χ1n) is 4.89. The molecule has 2 aromatic rings. The minimum absolute atomic E-state index is 0.193. The van der Waals surface area contributed by atoms with E-state index in [2.05, 4.69) is 15.9 Å². The number of hydrogen-bond donors (Lipinski definition) is 0. The van der Waals surface area contributed by atoms with Crippen molar-refractivity contribution in [3.63, 3.8) is 0 Å². The van der Waals surface area contributed by atoms with Gasteiger partial charge in [-0.1, -0.05) is 33.6 Å². The average molecular weight is 338 g/mol. The maximum absolute atomic E-state index is 13.6. The van der Waals surface area contributed by atoms with E-state index in [-0.39, 0.29) is 9.85 Å². The molecule has 1 atom stereocenters. The van der Waals surface area contributed by atoms with E-state index < -0.39 is 11.6 Å². The van der Waals surface area contributed by atoms with Gasteiger partial charge in [0.2, 0.25) is 0 Å². The fourth-order valence-corrected chi connectivity index (χ4v) is 3.31. The third-order valence-electron chi connectivity index (χ3n) is 2.34. The molecule has 5 heteroatoms. The molecule has 0 spiro atoms. The molecule has 0 nitrogen and oxygen atoms in total. The monoisotopic (exact) mass is 336 g/mol. The lowest BCUT2D eigenvalue weighted by atomic mass is 10.1. The Morgan fingerprint density at radius 1 is 1.29 bits per heavy atom. The van der Waals surface area contributed by atoms with Crippen LogP contribution in [0.2, 0.25) is 5.02 Å². The molecule has 2 rings (SSSR count). The van der Waals surface area contributed by atoms with Crippen LogP contribution in [-0.2, 0) is 6.42 Å². The molecule has 0 fully saturated rings. The Labute approximate surface area is 115 Å². The standard InChI is InChI=1S/C12H8BrClF2S/c13-9(4-7-2-1-3-17-7)8-5-12(16)10(14)6-11(8)15/h1-3,5-6,9H,4H2. The van der Waals surface area contributed by atoms with Gasteiger partial charge in [-0.3, -0.25) is 0 Å². The van der Waals surface area contributed by atoms with E-state index >= 15 is 0 Å². The SMILES string of the molecule is Fc1cc(C(Br)Cc2cccs2)c(F)cc1Cl. The first kappa shape index (κ1) is 13.0. The highest BCUT2D eigenvalue weighted by Crippen LogP contribution is 2.32. The molecule has 0 N–H and O–H groups in total. The topological polar surface area (TPSA) is 0 Å². The van der Waals surface area contributed by atoms with Crippen molar-refractivity contribution >= 4 is 38.9 Å². The van der Waals surface area contributed by atoms with Gasteiger partial charge in [0.25, 0.3) is 0 Å². The van der Waals surface area contributed by atoms with Crippen molar-refractivity contribution in [3.05, 3.63) is 56.7 Å². The van der Waals surface area contributed by atoms with Gasteiger partial charge in [-0.05, 0) is 30.0 Å². The Kier molecular flexibility index (Phi) is 4.17. The van der Waals surface area contributed by atoms with Crippen LogP contribution in [-0.4, -0.2) is 0 Å². The van der Waals surface area contributed by atoms with Crippen LogP contribution in [0.25, 0.3) is 0 Å². The van der Waals surface area contributed by atoms with Crippen LogP contribution in [0, 0.1) is 11.6 Å². The predicted molar refractivity (Wildman–Crippen MR) is 71.1 cm³/mol. The van der Waals surface area contributed by atoms with Crippen LogP contribution in [0.4, 0.5) is 8.78 Å². The molecule has 1 aromatic heterocycles. The summed E-state index contributed by atoms with van der Waals surface area (Å²) in [5, 5.41) is 1.76. The van der Waals surface area contributed by atoms with E-state index in [1.54, 1.807) is 11.3 Å². The molecular formula is C12H8BrClF2S. The van der Waals surface area contributed by atoms with Gasteiger partial charge in [-0.25, -0.2) is 8.78 Å². The quantitative estimate of drug-likeness (QED) is 0.522. The van der Waals surface area contributed by atoms with Crippen LogP contribution in [0.15, 0.2) is 29.6 Å². The maximum Gasteiger partial charge on any atom is 0.142 e. The van der Waals surface area contributed by atoms with Crippen LogP contribution in [0.5, 0.6) is 0 Å². The minimum atomic E-state index is -0.598. The number of rotatable bonds is 3. The van der Waals surface area contributed by atoms with Crippen molar-refractivity contribution in [2.75, 3.05) is 0 Å². The van der Waals surface area contributed by atoms with Gasteiger partial charge in [-0.2, -0.15) is 0 Å². The highest BCUT2D eigenvalue weighted by atomic mass is 79.9. The maximum atomic E-state index is 13.6. The minimum Gasteiger partial charge on any atom is -0.207 e. The first-order valence-corrected chi connectivity index (χ1v) is 7.06. The van der Waals surface area contributed by atoms with Crippen LogP contribution < -0.4 is 0 Å². The summed E-state index contributed by atoms with van der Waals surface area (Å²) in [6.07, 6.45) is 0.621. The summed E-state index contributed by atoms with van der Waals surface area (Å²) in [7, 11) is 0. The number of thiophene rings is 1. The highest BCUT2D eigenvalue weighted by Gasteiger charge is 2.16. The van der Waals surface area contributed by atoms with Gasteiger partial charge in [-0.15, -0.1) is 11.3 Å². The largest absolute Gasteiger partial charge is 0.207 e. The summed E-state index contributed by atoms with van der Waals surface area (Å²) in [5.41, 5.74) is 0.292. The molecule has 0 aliphatic carbocycles. The Morgan fingerprint density at radius 3 is 2.71 bits per heavy atom. The zero-order valence-electron chi connectivity index (χ0n) is 8.59. The Balaban J connectivity index is 2.24. The van der Waals surface area contributed by atoms with Gasteiger partial charge in [0.1, 0.15) is 11.6 Å². The van der Waals surface area contributed by atoms with Gasteiger partial charge >= 0.3 is 0 Å². The Bertz CT molecular complexity index is 513. The molecule has 1 unspecified atom stereocenters. The molecular weight excluding hydrogens is 330 g/mol. The van der Waals surface area contributed by atoms with Crippen molar-refractivity contribution in [3.8, 4) is 0 Å². The molecule has 1 heterocycles. The van der Waals surface area contributed by atoms with Crippen molar-refractivity contribution in [1.29, 1.82) is 0 Å². The van der Waals surface area contributed by atoms with Gasteiger partial charge in [0, 0.05) is 15.3 Å². The van der Waals surface area contributed by atoms with E-state index in [1.807, 2.05) is 17.5 Å². The fraction of sp³-hybridized carbons (Fsp3) is 0.167. The Hall–Kier alpha value is -0.450. The van der Waals surface area contributed by atoms with E-state index in [0.717, 1.165) is 17.0 Å². The lowest BCUT2D eigenvalue weighted by molar-refractivity contribution is 0.584. The summed E-state index contributed by atoms with van der Waals surface area (Å²) in [6, 6.07) is 6.04. The van der Waals surface area contributed by atoms with E-state index in [0.29, 0.717) is 12.0 Å². The molecule has 0 aliphatic rings. The predicted octanol–water partition coefficient (Wildman–Crippen LogP) is 5.36. The highest BCUT2D eigenvalue weighted by molar-refractivity contribution is 9.09. The lowest BCUT2D eigenvalue weighted by Crippen LogP contribution is -1.99. The van der Waals surface area contributed by atoms with E-state index in [4.69, 9.17) is 11.6 Å². The summed E-state index contributed by atoms with van der Waals surface area (Å²) in [5.74, 6) is -1.09. The first-order chi connectivity index (χ1) is 8.08. The van der Waals surface area contributed by atoms with Crippen molar-refractivity contribution in [2.24, 2.45) is 0 Å². The molecule has 90 valence electrons. The van der Waals surface area contributed by atoms with Gasteiger partial charge in [0.05, 0.1) is 5.02 Å². The molecule has 0 amide bonds. The zero-order valence-corrected chi connectivity index (χ0v) is 11.7. The number of alkyl halides is 1. The van der Waals surface area contributed by atoms with Crippen LogP contribution >= 0.6 is 38.9 Å². The normalized spacial score (nSPS) is 12.7. The molecule has 0 bridgehead atoms. The smallest absolute Gasteiger partial charge is 0.142 e.